The minimum absolute atomic E-state index is 0.0376. The van der Waals surface area contributed by atoms with E-state index < -0.39 is 16.0 Å². The molecule has 0 radical (unpaired) electrons. The van der Waals surface area contributed by atoms with Gasteiger partial charge in [-0.15, -0.1) is 0 Å². The number of anilines is 1. The zero-order valence-corrected chi connectivity index (χ0v) is 18.0. The van der Waals surface area contributed by atoms with Crippen molar-refractivity contribution in [1.82, 2.24) is 4.98 Å². The number of ether oxygens (including phenoxy) is 2. The van der Waals surface area contributed by atoms with E-state index in [2.05, 4.69) is 9.71 Å². The Balaban J connectivity index is 1.49. The lowest BCUT2D eigenvalue weighted by Gasteiger charge is -2.12. The molecular formula is C23H20N2O6S. The normalized spacial score (nSPS) is 11.3. The first kappa shape index (κ1) is 21.4. The van der Waals surface area contributed by atoms with Crippen molar-refractivity contribution in [3.63, 3.8) is 0 Å². The van der Waals surface area contributed by atoms with Gasteiger partial charge < -0.3 is 13.9 Å². The Morgan fingerprint density at radius 1 is 1.00 bits per heavy atom. The summed E-state index contributed by atoms with van der Waals surface area (Å²) in [5.74, 6) is 0.0962. The zero-order chi connectivity index (χ0) is 22.6. The number of benzene rings is 3. The molecule has 0 aliphatic carbocycles. The summed E-state index contributed by atoms with van der Waals surface area (Å²) in [6.45, 7) is 2.13. The molecule has 0 spiro atoms. The lowest BCUT2D eigenvalue weighted by atomic mass is 10.2. The van der Waals surface area contributed by atoms with Crippen molar-refractivity contribution >= 4 is 32.8 Å². The van der Waals surface area contributed by atoms with Crippen LogP contribution in [0, 0.1) is 0 Å². The van der Waals surface area contributed by atoms with Gasteiger partial charge in [-0.1, -0.05) is 24.3 Å². The lowest BCUT2D eigenvalue weighted by molar-refractivity contribution is 0.0441. The number of hydrogen-bond donors (Lipinski definition) is 1. The van der Waals surface area contributed by atoms with E-state index in [0.717, 1.165) is 0 Å². The van der Waals surface area contributed by atoms with Crippen molar-refractivity contribution in [3.8, 4) is 5.75 Å². The van der Waals surface area contributed by atoms with E-state index in [1.54, 1.807) is 36.4 Å². The van der Waals surface area contributed by atoms with E-state index in [1.165, 1.54) is 24.3 Å². The van der Waals surface area contributed by atoms with Gasteiger partial charge in [-0.05, 0) is 55.5 Å². The Morgan fingerprint density at radius 2 is 1.72 bits per heavy atom. The predicted octanol–water partition coefficient (Wildman–Crippen LogP) is 4.38. The smallest absolute Gasteiger partial charge is 0.340 e. The molecule has 0 saturated heterocycles. The summed E-state index contributed by atoms with van der Waals surface area (Å²) in [5, 5.41) is 0. The fourth-order valence-corrected chi connectivity index (χ4v) is 4.10. The molecule has 0 aliphatic rings. The molecule has 1 heterocycles. The van der Waals surface area contributed by atoms with Crippen LogP contribution in [0.3, 0.4) is 0 Å². The number of rotatable bonds is 8. The largest absolute Gasteiger partial charge is 0.494 e. The third-order valence-electron chi connectivity index (χ3n) is 4.50. The van der Waals surface area contributed by atoms with Gasteiger partial charge in [-0.2, -0.15) is 0 Å². The fraction of sp³-hybridized carbons (Fsp3) is 0.130. The Morgan fingerprint density at radius 3 is 2.47 bits per heavy atom. The summed E-state index contributed by atoms with van der Waals surface area (Å²) in [5.41, 5.74) is 1.41. The monoisotopic (exact) mass is 452 g/mol. The highest BCUT2D eigenvalue weighted by molar-refractivity contribution is 7.92. The van der Waals surface area contributed by atoms with Crippen LogP contribution in [-0.4, -0.2) is 26.0 Å². The SMILES string of the molecule is CCOc1ccc(S(=O)(=O)Nc2ccccc2C(=O)OCc2nc3ccccc3o2)cc1. The average molecular weight is 452 g/mol. The van der Waals surface area contributed by atoms with Crippen LogP contribution in [0.1, 0.15) is 23.2 Å². The van der Waals surface area contributed by atoms with Crippen molar-refractivity contribution in [2.45, 2.75) is 18.4 Å². The number of carbonyl (C=O) groups is 1. The molecule has 0 amide bonds. The number of oxazole rings is 1. The molecule has 8 nitrogen and oxygen atoms in total. The van der Waals surface area contributed by atoms with Gasteiger partial charge in [-0.3, -0.25) is 4.72 Å². The second-order valence-electron chi connectivity index (χ2n) is 6.71. The van der Waals surface area contributed by atoms with E-state index in [9.17, 15) is 13.2 Å². The molecule has 0 saturated carbocycles. The molecule has 4 aromatic rings. The van der Waals surface area contributed by atoms with E-state index in [4.69, 9.17) is 13.9 Å². The summed E-state index contributed by atoms with van der Waals surface area (Å²) in [7, 11) is -3.93. The first-order valence-electron chi connectivity index (χ1n) is 9.82. The maximum Gasteiger partial charge on any atom is 0.340 e. The van der Waals surface area contributed by atoms with Crippen molar-refractivity contribution in [3.05, 3.63) is 84.3 Å². The molecule has 4 rings (SSSR count). The average Bonchev–Trinajstić information content (AvgIpc) is 3.21. The summed E-state index contributed by atoms with van der Waals surface area (Å²) in [6.07, 6.45) is 0. The number of esters is 1. The maximum absolute atomic E-state index is 12.8. The molecule has 32 heavy (non-hydrogen) atoms. The second kappa shape index (κ2) is 9.11. The standard InChI is InChI=1S/C23H20N2O6S/c1-2-29-16-11-13-17(14-12-16)32(27,28)25-19-8-4-3-7-18(19)23(26)30-15-22-24-20-9-5-6-10-21(20)31-22/h3-14,25H,2,15H2,1H3. The third kappa shape index (κ3) is 4.73. The second-order valence-corrected chi connectivity index (χ2v) is 8.39. The molecule has 0 atom stereocenters. The molecule has 1 aromatic heterocycles. The van der Waals surface area contributed by atoms with Gasteiger partial charge in [0.15, 0.2) is 12.2 Å². The van der Waals surface area contributed by atoms with Crippen LogP contribution in [0.5, 0.6) is 5.75 Å². The Hall–Kier alpha value is -3.85. The quantitative estimate of drug-likeness (QED) is 0.395. The molecule has 3 aromatic carbocycles. The van der Waals surface area contributed by atoms with Gasteiger partial charge in [-0.25, -0.2) is 18.2 Å². The number of fused-ring (bicyclic) bond motifs is 1. The van der Waals surface area contributed by atoms with Gasteiger partial charge >= 0.3 is 5.97 Å². The Kier molecular flexibility index (Phi) is 6.09. The molecule has 164 valence electrons. The predicted molar refractivity (Wildman–Crippen MR) is 118 cm³/mol. The van der Waals surface area contributed by atoms with E-state index in [0.29, 0.717) is 23.5 Å². The summed E-state index contributed by atoms with van der Waals surface area (Å²) >= 11 is 0. The first-order chi connectivity index (χ1) is 15.5. The van der Waals surface area contributed by atoms with Crippen LogP contribution in [0.2, 0.25) is 0 Å². The van der Waals surface area contributed by atoms with Crippen LogP contribution in [-0.2, 0) is 21.4 Å². The fourth-order valence-electron chi connectivity index (χ4n) is 3.02. The molecule has 9 heteroatoms. The number of aromatic nitrogens is 1. The molecule has 0 unspecified atom stereocenters. The van der Waals surface area contributed by atoms with Gasteiger partial charge in [0.05, 0.1) is 22.8 Å². The van der Waals surface area contributed by atoms with Crippen molar-refractivity contribution in [2.75, 3.05) is 11.3 Å². The third-order valence-corrected chi connectivity index (χ3v) is 5.88. The van der Waals surface area contributed by atoms with Crippen LogP contribution in [0.25, 0.3) is 11.1 Å². The Labute approximate surface area is 184 Å². The number of hydrogen-bond acceptors (Lipinski definition) is 7. The summed E-state index contributed by atoms with van der Waals surface area (Å²) < 4.78 is 44.2. The van der Waals surface area contributed by atoms with E-state index in [-0.39, 0.29) is 28.6 Å². The van der Waals surface area contributed by atoms with Gasteiger partial charge in [0.1, 0.15) is 11.3 Å². The minimum Gasteiger partial charge on any atom is -0.494 e. The van der Waals surface area contributed by atoms with E-state index in [1.807, 2.05) is 19.1 Å². The highest BCUT2D eigenvalue weighted by atomic mass is 32.2. The number of para-hydroxylation sites is 3. The van der Waals surface area contributed by atoms with E-state index >= 15 is 0 Å². The van der Waals surface area contributed by atoms with Crippen LogP contribution >= 0.6 is 0 Å². The highest BCUT2D eigenvalue weighted by Crippen LogP contribution is 2.23. The van der Waals surface area contributed by atoms with Crippen LogP contribution in [0.4, 0.5) is 5.69 Å². The van der Waals surface area contributed by atoms with Gasteiger partial charge in [0.25, 0.3) is 10.0 Å². The van der Waals surface area contributed by atoms with Crippen molar-refractivity contribution < 1.29 is 27.1 Å². The molecule has 0 fully saturated rings. The first-order valence-corrected chi connectivity index (χ1v) is 11.3. The summed E-state index contributed by atoms with van der Waals surface area (Å²) in [6, 6.07) is 19.4. The van der Waals surface area contributed by atoms with Gasteiger partial charge in [0, 0.05) is 0 Å². The minimum atomic E-state index is -3.93. The molecular weight excluding hydrogens is 432 g/mol. The number of nitrogens with one attached hydrogen (secondary N) is 1. The zero-order valence-electron chi connectivity index (χ0n) is 17.1. The highest BCUT2D eigenvalue weighted by Gasteiger charge is 2.20. The number of nitrogens with zero attached hydrogens (tertiary/aromatic N) is 1. The van der Waals surface area contributed by atoms with Crippen molar-refractivity contribution in [1.29, 1.82) is 0 Å². The molecule has 0 aliphatic heterocycles. The van der Waals surface area contributed by atoms with Crippen LogP contribution in [0.15, 0.2) is 82.1 Å². The summed E-state index contributed by atoms with van der Waals surface area (Å²) in [4.78, 5) is 16.9. The number of sulfonamides is 1. The van der Waals surface area contributed by atoms with Crippen LogP contribution < -0.4 is 9.46 Å². The lowest BCUT2D eigenvalue weighted by Crippen LogP contribution is -2.16. The molecule has 1 N–H and O–H groups in total. The number of carbonyl (C=O) groups excluding carboxylic acids is 1. The topological polar surface area (TPSA) is 108 Å². The Bertz CT molecular complexity index is 1310. The van der Waals surface area contributed by atoms with Gasteiger partial charge in [0.2, 0.25) is 5.89 Å². The van der Waals surface area contributed by atoms with Crippen molar-refractivity contribution in [2.24, 2.45) is 0 Å². The molecule has 0 bridgehead atoms. The maximum atomic E-state index is 12.8.